The molecule has 6 heteroatoms. The number of carbonyl (C=O) groups is 1. The van der Waals surface area contributed by atoms with Crippen LogP contribution in [0.3, 0.4) is 0 Å². The Hall–Kier alpha value is -2.21. The van der Waals surface area contributed by atoms with Gasteiger partial charge in [-0.05, 0) is 32.8 Å². The molecule has 1 N–H and O–H groups in total. The summed E-state index contributed by atoms with van der Waals surface area (Å²) in [5, 5.41) is 12.8. The number of nitrogens with zero attached hydrogens (tertiary/aromatic N) is 2. The van der Waals surface area contributed by atoms with Crippen LogP contribution in [0.5, 0.6) is 0 Å². The number of rotatable bonds is 6. The molecule has 2 rings (SSSR count). The molecule has 0 radical (unpaired) electrons. The molecule has 0 amide bonds. The lowest BCUT2D eigenvalue weighted by molar-refractivity contribution is -0.154. The van der Waals surface area contributed by atoms with E-state index in [1.807, 2.05) is 51.1 Å². The van der Waals surface area contributed by atoms with Gasteiger partial charge in [0.2, 0.25) is 5.89 Å². The number of hydrogen-bond donors (Lipinski definition) is 1. The van der Waals surface area contributed by atoms with Crippen LogP contribution in [0.1, 0.15) is 56.8 Å². The Balaban J connectivity index is 2.13. The molecular weight excluding hydrogens is 296 g/mol. The number of carbonyl (C=O) groups excluding carboxylic acids is 1. The molecular formula is C17H22N2O4. The van der Waals surface area contributed by atoms with Gasteiger partial charge in [-0.15, -0.1) is 0 Å². The zero-order valence-electron chi connectivity index (χ0n) is 13.7. The summed E-state index contributed by atoms with van der Waals surface area (Å²) in [7, 11) is 0. The van der Waals surface area contributed by atoms with Crippen molar-refractivity contribution in [3.63, 3.8) is 0 Å². The molecule has 0 saturated heterocycles. The van der Waals surface area contributed by atoms with E-state index in [-0.39, 0.29) is 30.7 Å². The van der Waals surface area contributed by atoms with Crippen molar-refractivity contribution >= 4 is 5.97 Å². The molecule has 0 saturated carbocycles. The minimum Gasteiger partial charge on any atom is -0.460 e. The van der Waals surface area contributed by atoms with Crippen LogP contribution in [0.2, 0.25) is 0 Å². The van der Waals surface area contributed by atoms with Crippen LogP contribution >= 0.6 is 0 Å². The van der Waals surface area contributed by atoms with Crippen molar-refractivity contribution in [3.8, 4) is 0 Å². The number of aliphatic hydroxyl groups is 1. The lowest BCUT2D eigenvalue weighted by Gasteiger charge is -2.20. The first kappa shape index (κ1) is 17.1. The van der Waals surface area contributed by atoms with E-state index in [0.29, 0.717) is 12.3 Å². The average Bonchev–Trinajstić information content (AvgIpc) is 2.95. The SMILES string of the molecule is CC(C)(C)OC(=O)CCC(c1ccccc1)c1nc(CO)no1. The first-order chi connectivity index (χ1) is 10.9. The van der Waals surface area contributed by atoms with Crippen molar-refractivity contribution in [1.29, 1.82) is 0 Å². The van der Waals surface area contributed by atoms with Crippen LogP contribution in [-0.2, 0) is 16.1 Å². The van der Waals surface area contributed by atoms with Gasteiger partial charge in [-0.2, -0.15) is 4.98 Å². The Morgan fingerprint density at radius 3 is 2.57 bits per heavy atom. The molecule has 124 valence electrons. The van der Waals surface area contributed by atoms with Crippen molar-refractivity contribution in [2.45, 2.75) is 51.7 Å². The summed E-state index contributed by atoms with van der Waals surface area (Å²) < 4.78 is 10.6. The van der Waals surface area contributed by atoms with Gasteiger partial charge in [-0.25, -0.2) is 0 Å². The van der Waals surface area contributed by atoms with Gasteiger partial charge in [-0.1, -0.05) is 35.5 Å². The molecule has 0 spiro atoms. The Bertz CT molecular complexity index is 632. The minimum absolute atomic E-state index is 0.212. The summed E-state index contributed by atoms with van der Waals surface area (Å²) in [5.41, 5.74) is 0.470. The summed E-state index contributed by atoms with van der Waals surface area (Å²) in [6.07, 6.45) is 0.736. The monoisotopic (exact) mass is 318 g/mol. The molecule has 0 aliphatic heterocycles. The number of aromatic nitrogens is 2. The Morgan fingerprint density at radius 2 is 2.00 bits per heavy atom. The molecule has 0 fully saturated rings. The highest BCUT2D eigenvalue weighted by atomic mass is 16.6. The van der Waals surface area contributed by atoms with E-state index < -0.39 is 5.60 Å². The summed E-state index contributed by atoms with van der Waals surface area (Å²) in [4.78, 5) is 16.1. The highest BCUT2D eigenvalue weighted by Gasteiger charge is 2.24. The number of hydrogen-bond acceptors (Lipinski definition) is 6. The zero-order valence-corrected chi connectivity index (χ0v) is 13.7. The largest absolute Gasteiger partial charge is 0.460 e. The quantitative estimate of drug-likeness (QED) is 0.824. The van der Waals surface area contributed by atoms with Gasteiger partial charge in [0.1, 0.15) is 12.2 Å². The molecule has 1 atom stereocenters. The second kappa shape index (κ2) is 7.37. The second-order valence-electron chi connectivity index (χ2n) is 6.30. The minimum atomic E-state index is -0.506. The molecule has 0 aliphatic rings. The highest BCUT2D eigenvalue weighted by molar-refractivity contribution is 5.70. The van der Waals surface area contributed by atoms with Crippen LogP contribution < -0.4 is 0 Å². The van der Waals surface area contributed by atoms with E-state index in [1.165, 1.54) is 0 Å². The second-order valence-corrected chi connectivity index (χ2v) is 6.30. The van der Waals surface area contributed by atoms with Gasteiger partial charge in [0.25, 0.3) is 0 Å². The fraction of sp³-hybridized carbons (Fsp3) is 0.471. The molecule has 0 bridgehead atoms. The van der Waals surface area contributed by atoms with Crippen molar-refractivity contribution < 1.29 is 19.2 Å². The fourth-order valence-corrected chi connectivity index (χ4v) is 2.25. The molecule has 1 heterocycles. The maximum atomic E-state index is 12.0. The molecule has 2 aromatic rings. The molecule has 23 heavy (non-hydrogen) atoms. The molecule has 1 unspecified atom stereocenters. The van der Waals surface area contributed by atoms with Crippen molar-refractivity contribution in [3.05, 3.63) is 47.6 Å². The predicted molar refractivity (Wildman–Crippen MR) is 83.6 cm³/mol. The number of esters is 1. The summed E-state index contributed by atoms with van der Waals surface area (Å²) in [6.45, 7) is 5.23. The molecule has 6 nitrogen and oxygen atoms in total. The van der Waals surface area contributed by atoms with Gasteiger partial charge >= 0.3 is 5.97 Å². The predicted octanol–water partition coefficient (Wildman–Crippen LogP) is 2.82. The average molecular weight is 318 g/mol. The zero-order chi connectivity index (χ0) is 16.9. The Labute approximate surface area is 135 Å². The lowest BCUT2D eigenvalue weighted by atomic mass is 9.94. The van der Waals surface area contributed by atoms with E-state index in [4.69, 9.17) is 14.4 Å². The third-order valence-electron chi connectivity index (χ3n) is 3.18. The first-order valence-corrected chi connectivity index (χ1v) is 7.59. The third-order valence-corrected chi connectivity index (χ3v) is 3.18. The molecule has 0 aliphatic carbocycles. The topological polar surface area (TPSA) is 85.5 Å². The van der Waals surface area contributed by atoms with E-state index in [2.05, 4.69) is 10.1 Å². The van der Waals surface area contributed by atoms with Gasteiger partial charge in [0.05, 0.1) is 5.92 Å². The van der Waals surface area contributed by atoms with Crippen LogP contribution in [-0.4, -0.2) is 26.8 Å². The molecule has 1 aromatic carbocycles. The van der Waals surface area contributed by atoms with E-state index in [0.717, 1.165) is 5.56 Å². The third kappa shape index (κ3) is 5.17. The van der Waals surface area contributed by atoms with Gasteiger partial charge in [0, 0.05) is 6.42 Å². The number of benzene rings is 1. The van der Waals surface area contributed by atoms with Crippen LogP contribution in [0.4, 0.5) is 0 Å². The van der Waals surface area contributed by atoms with Gasteiger partial charge in [-0.3, -0.25) is 4.79 Å². The van der Waals surface area contributed by atoms with Gasteiger partial charge < -0.3 is 14.4 Å². The van der Waals surface area contributed by atoms with E-state index >= 15 is 0 Å². The highest BCUT2D eigenvalue weighted by Crippen LogP contribution is 2.28. The van der Waals surface area contributed by atoms with Crippen molar-refractivity contribution in [2.75, 3.05) is 0 Å². The van der Waals surface area contributed by atoms with Crippen LogP contribution in [0.25, 0.3) is 0 Å². The van der Waals surface area contributed by atoms with Crippen molar-refractivity contribution in [2.24, 2.45) is 0 Å². The Morgan fingerprint density at radius 1 is 1.30 bits per heavy atom. The standard InChI is InChI=1S/C17H22N2O4/c1-17(2,3)22-15(21)10-9-13(12-7-5-4-6-8-12)16-18-14(11-20)19-23-16/h4-8,13,20H,9-11H2,1-3H3. The number of ether oxygens (including phenoxy) is 1. The maximum Gasteiger partial charge on any atom is 0.306 e. The Kier molecular flexibility index (Phi) is 5.50. The molecule has 1 aromatic heterocycles. The summed E-state index contributed by atoms with van der Waals surface area (Å²) in [5.74, 6) is 0.152. The normalized spacial score (nSPS) is 12.9. The van der Waals surface area contributed by atoms with Gasteiger partial charge in [0.15, 0.2) is 5.82 Å². The maximum absolute atomic E-state index is 12.0. The number of aliphatic hydroxyl groups excluding tert-OH is 1. The van der Waals surface area contributed by atoms with E-state index in [1.54, 1.807) is 0 Å². The first-order valence-electron chi connectivity index (χ1n) is 7.59. The summed E-state index contributed by atoms with van der Waals surface area (Å²) >= 11 is 0. The van der Waals surface area contributed by atoms with Crippen LogP contribution in [0, 0.1) is 0 Å². The fourth-order valence-electron chi connectivity index (χ4n) is 2.25. The smallest absolute Gasteiger partial charge is 0.306 e. The lowest BCUT2D eigenvalue weighted by Crippen LogP contribution is -2.24. The van der Waals surface area contributed by atoms with E-state index in [9.17, 15) is 4.79 Å². The van der Waals surface area contributed by atoms with Crippen LogP contribution in [0.15, 0.2) is 34.9 Å². The van der Waals surface area contributed by atoms with Crippen molar-refractivity contribution in [1.82, 2.24) is 10.1 Å². The summed E-state index contributed by atoms with van der Waals surface area (Å²) in [6, 6.07) is 9.64.